The van der Waals surface area contributed by atoms with E-state index in [1.165, 1.54) is 28.6 Å². The van der Waals surface area contributed by atoms with Crippen LogP contribution >= 0.6 is 35.0 Å². The van der Waals surface area contributed by atoms with Crippen molar-refractivity contribution in [3.63, 3.8) is 0 Å². The van der Waals surface area contributed by atoms with E-state index in [-0.39, 0.29) is 0 Å². The Morgan fingerprint density at radius 2 is 1.67 bits per heavy atom. The number of rotatable bonds is 11. The van der Waals surface area contributed by atoms with Gasteiger partial charge in [-0.25, -0.2) is 4.79 Å². The van der Waals surface area contributed by atoms with Crippen LogP contribution in [0.25, 0.3) is 22.0 Å². The lowest BCUT2D eigenvalue weighted by Gasteiger charge is -2.22. The molecule has 1 aliphatic rings. The summed E-state index contributed by atoms with van der Waals surface area (Å²) in [7, 11) is 1.35. The Balaban J connectivity index is 1.21. The van der Waals surface area contributed by atoms with Gasteiger partial charge in [-0.3, -0.25) is 4.98 Å². The number of ether oxygens (including phenoxy) is 3. The van der Waals surface area contributed by atoms with Crippen LogP contribution in [0, 0.1) is 0 Å². The lowest BCUT2D eigenvalue weighted by Crippen LogP contribution is -2.12. The van der Waals surface area contributed by atoms with Crippen LogP contribution in [0.4, 0.5) is 0 Å². The Kier molecular flexibility index (Phi) is 9.85. The first kappa shape index (κ1) is 33.1. The summed E-state index contributed by atoms with van der Waals surface area (Å²) in [5, 5.41) is 2.71. The number of nitrogens with zero attached hydrogens (tertiary/aromatic N) is 2. The average molecular weight is 710 g/mol. The molecule has 2 aromatic heterocycles. The van der Waals surface area contributed by atoms with E-state index >= 15 is 0 Å². The minimum Gasteiger partial charge on any atom is -0.492 e. The van der Waals surface area contributed by atoms with E-state index in [1.54, 1.807) is 18.2 Å². The molecule has 0 N–H and O–H groups in total. The van der Waals surface area contributed by atoms with Crippen LogP contribution in [0.15, 0.2) is 108 Å². The van der Waals surface area contributed by atoms with Crippen molar-refractivity contribution in [3.05, 3.63) is 141 Å². The molecule has 3 heterocycles. The summed E-state index contributed by atoms with van der Waals surface area (Å²) >= 11 is 14.3. The summed E-state index contributed by atoms with van der Waals surface area (Å²) < 4.78 is 20.1. The molecule has 1 atom stereocenters. The van der Waals surface area contributed by atoms with Crippen LogP contribution in [-0.2, 0) is 30.7 Å². The number of methoxy groups -OCH3 is 1. The predicted molar refractivity (Wildman–Crippen MR) is 198 cm³/mol. The van der Waals surface area contributed by atoms with Crippen molar-refractivity contribution in [3.8, 4) is 22.6 Å². The fourth-order valence-electron chi connectivity index (χ4n) is 6.32. The minimum absolute atomic E-state index is 0.300. The van der Waals surface area contributed by atoms with Gasteiger partial charge in [0.1, 0.15) is 23.7 Å². The number of aromatic nitrogens is 2. The average Bonchev–Trinajstić information content (AvgIpc) is 3.41. The number of carbonyl (C=O) groups excluding carboxylic acids is 1. The Morgan fingerprint density at radius 1 is 0.898 bits per heavy atom. The highest BCUT2D eigenvalue weighted by atomic mass is 35.5. The van der Waals surface area contributed by atoms with E-state index in [2.05, 4.69) is 54.0 Å². The first-order valence-corrected chi connectivity index (χ1v) is 17.7. The molecule has 1 unspecified atom stereocenters. The Labute approximate surface area is 299 Å². The molecule has 6 aromatic rings. The molecule has 7 rings (SSSR count). The smallest absolute Gasteiger partial charge is 0.341 e. The highest BCUT2D eigenvalue weighted by Gasteiger charge is 2.29. The minimum atomic E-state index is -0.492. The second-order valence-corrected chi connectivity index (χ2v) is 14.3. The van der Waals surface area contributed by atoms with Crippen molar-refractivity contribution in [2.45, 2.75) is 43.1 Å². The molecule has 4 aromatic carbocycles. The van der Waals surface area contributed by atoms with Crippen molar-refractivity contribution in [1.82, 2.24) is 9.55 Å². The Hall–Kier alpha value is -4.43. The maximum absolute atomic E-state index is 12.5. The maximum atomic E-state index is 12.5. The van der Waals surface area contributed by atoms with Gasteiger partial charge in [0.2, 0.25) is 0 Å². The maximum Gasteiger partial charge on any atom is 0.341 e. The van der Waals surface area contributed by atoms with Crippen LogP contribution in [0.5, 0.6) is 11.5 Å². The molecule has 0 radical (unpaired) electrons. The van der Waals surface area contributed by atoms with Gasteiger partial charge in [-0.2, -0.15) is 0 Å². The van der Waals surface area contributed by atoms with Crippen molar-refractivity contribution in [1.29, 1.82) is 0 Å². The van der Waals surface area contributed by atoms with Crippen molar-refractivity contribution < 1.29 is 19.0 Å². The third kappa shape index (κ3) is 7.16. The number of benzene rings is 4. The van der Waals surface area contributed by atoms with E-state index in [0.29, 0.717) is 52.8 Å². The molecule has 0 amide bonds. The highest BCUT2D eigenvalue weighted by Crippen LogP contribution is 2.47. The number of carbonyl (C=O) groups is 1. The molecule has 6 nitrogen and oxygen atoms in total. The molecule has 0 aliphatic carbocycles. The van der Waals surface area contributed by atoms with E-state index in [0.717, 1.165) is 40.1 Å². The van der Waals surface area contributed by atoms with E-state index in [4.69, 9.17) is 42.4 Å². The predicted octanol–water partition coefficient (Wildman–Crippen LogP) is 10.1. The summed E-state index contributed by atoms with van der Waals surface area (Å²) in [5.74, 6) is 0.826. The normalized spacial score (nSPS) is 13.8. The molecular weight excluding hydrogens is 675 g/mol. The molecule has 9 heteroatoms. The summed E-state index contributed by atoms with van der Waals surface area (Å²) in [4.78, 5) is 18.4. The van der Waals surface area contributed by atoms with Gasteiger partial charge in [0, 0.05) is 61.6 Å². The van der Waals surface area contributed by atoms with Gasteiger partial charge in [-0.1, -0.05) is 78.7 Å². The van der Waals surface area contributed by atoms with Crippen LogP contribution < -0.4 is 9.47 Å². The number of pyridine rings is 1. The Bertz CT molecular complexity index is 2120. The van der Waals surface area contributed by atoms with Crippen LogP contribution in [0.2, 0.25) is 10.0 Å². The largest absolute Gasteiger partial charge is 0.492 e. The van der Waals surface area contributed by atoms with Crippen molar-refractivity contribution in [2.24, 2.45) is 0 Å². The number of hydrogen-bond acceptors (Lipinski definition) is 6. The Morgan fingerprint density at radius 3 is 2.43 bits per heavy atom. The fourth-order valence-corrected chi connectivity index (χ4v) is 7.97. The molecule has 0 bridgehead atoms. The summed E-state index contributed by atoms with van der Waals surface area (Å²) in [5.41, 5.74) is 8.06. The van der Waals surface area contributed by atoms with Gasteiger partial charge in [-0.05, 0) is 66.1 Å². The lowest BCUT2D eigenvalue weighted by molar-refractivity contribution is 0.0596. The van der Waals surface area contributed by atoms with Gasteiger partial charge < -0.3 is 18.8 Å². The van der Waals surface area contributed by atoms with Gasteiger partial charge in [0.05, 0.1) is 24.9 Å². The molecule has 0 saturated heterocycles. The zero-order valence-corrected chi connectivity index (χ0v) is 29.4. The summed E-state index contributed by atoms with van der Waals surface area (Å²) in [6.45, 7) is 3.66. The first-order valence-electron chi connectivity index (χ1n) is 16.1. The zero-order valence-electron chi connectivity index (χ0n) is 27.1. The number of esters is 1. The van der Waals surface area contributed by atoms with E-state index in [9.17, 15) is 4.79 Å². The fraction of sp³-hybridized carbons (Fsp3) is 0.200. The SMILES string of the molecule is COC(=O)c1cc(Cl)ccc1OCCc1c2c3c(c(OCc4ccc(-c5ccccc5)cn4)ccc3n1Cc1ccc(Cl)cc1)CC(C)S2. The molecule has 248 valence electrons. The number of thioether (sulfide) groups is 1. The zero-order chi connectivity index (χ0) is 33.9. The number of halogens is 2. The molecule has 49 heavy (non-hydrogen) atoms. The molecule has 1 aliphatic heterocycles. The monoisotopic (exact) mass is 708 g/mol. The molecular formula is C40H34Cl2N2O4S. The molecule has 0 saturated carbocycles. The standard InChI is InChI=1S/C40H34Cl2N2O4S/c1-25-20-32-36(48-24-31-14-10-28(22-43-31)27-6-4-3-5-7-27)17-15-34-38(32)39(49-25)35(44(34)23-26-8-11-29(41)12-9-26)18-19-47-37-16-13-30(42)21-33(37)40(45)46-2/h3-17,21-22,25H,18-20,23-24H2,1-2H3. The highest BCUT2D eigenvalue weighted by molar-refractivity contribution is 8.00. The third-order valence-electron chi connectivity index (χ3n) is 8.67. The lowest BCUT2D eigenvalue weighted by atomic mass is 10.0. The first-order chi connectivity index (χ1) is 23.9. The summed E-state index contributed by atoms with van der Waals surface area (Å²) in [6, 6.07) is 31.6. The van der Waals surface area contributed by atoms with Crippen LogP contribution in [-0.4, -0.2) is 34.5 Å². The van der Waals surface area contributed by atoms with Gasteiger partial charge >= 0.3 is 5.97 Å². The van der Waals surface area contributed by atoms with Gasteiger partial charge in [0.15, 0.2) is 0 Å². The third-order valence-corrected chi connectivity index (χ3v) is 10.4. The molecule has 0 spiro atoms. The topological polar surface area (TPSA) is 62.6 Å². The van der Waals surface area contributed by atoms with Gasteiger partial charge in [-0.15, -0.1) is 11.8 Å². The quantitative estimate of drug-likeness (QED) is 0.125. The second-order valence-electron chi connectivity index (χ2n) is 12.0. The molecule has 0 fully saturated rings. The second kappa shape index (κ2) is 14.6. The summed E-state index contributed by atoms with van der Waals surface area (Å²) in [6.07, 6.45) is 3.41. The van der Waals surface area contributed by atoms with Crippen molar-refractivity contribution in [2.75, 3.05) is 13.7 Å². The van der Waals surface area contributed by atoms with E-state index < -0.39 is 5.97 Å². The number of hydrogen-bond donors (Lipinski definition) is 0. The van der Waals surface area contributed by atoms with Crippen LogP contribution in [0.1, 0.15) is 39.8 Å². The van der Waals surface area contributed by atoms with Gasteiger partial charge in [0.25, 0.3) is 0 Å². The van der Waals surface area contributed by atoms with Crippen molar-refractivity contribution >= 4 is 51.8 Å². The van der Waals surface area contributed by atoms with Crippen LogP contribution in [0.3, 0.4) is 0 Å². The van der Waals surface area contributed by atoms with E-state index in [1.807, 2.05) is 54.4 Å².